The zero-order valence-corrected chi connectivity index (χ0v) is 8.08. The van der Waals surface area contributed by atoms with Crippen LogP contribution >= 0.6 is 11.6 Å². The van der Waals surface area contributed by atoms with Crippen molar-refractivity contribution in [3.05, 3.63) is 29.3 Å². The normalized spacial score (nSPS) is 10.6. The topological polar surface area (TPSA) is 33.6 Å². The highest BCUT2D eigenvalue weighted by Gasteiger charge is 1.92. The fourth-order valence-electron chi connectivity index (χ4n) is 0.773. The molecule has 13 heavy (non-hydrogen) atoms. The number of hydrogen-bond acceptors (Lipinski definition) is 2. The number of aliphatic imine (C=N–C) groups is 1. The Balaban J connectivity index is 2.53. The van der Waals surface area contributed by atoms with Gasteiger partial charge in [-0.25, -0.2) is 4.99 Å². The van der Waals surface area contributed by atoms with Crippen LogP contribution in [0.25, 0.3) is 0 Å². The second-order valence-electron chi connectivity index (χ2n) is 2.26. The molecule has 4 heteroatoms. The molecule has 0 heterocycles. The first kappa shape index (κ1) is 10.0. The molecule has 1 rings (SSSR count). The Morgan fingerprint density at radius 3 is 3.00 bits per heavy atom. The molecule has 0 aromatic heterocycles. The largest absolute Gasteiger partial charge is 0.276 e. The van der Waals surface area contributed by atoms with E-state index in [1.54, 1.807) is 6.07 Å². The fraction of sp³-hybridized carbons (Fsp3) is 0.222. The van der Waals surface area contributed by atoms with Crippen molar-refractivity contribution in [2.75, 3.05) is 6.61 Å². The van der Waals surface area contributed by atoms with Crippen LogP contribution in [0.3, 0.4) is 0 Å². The van der Waals surface area contributed by atoms with E-state index in [1.165, 1.54) is 6.34 Å². The molecule has 1 aromatic rings. The third-order valence-corrected chi connectivity index (χ3v) is 1.66. The van der Waals surface area contributed by atoms with Gasteiger partial charge in [-0.15, -0.1) is 0 Å². The Morgan fingerprint density at radius 1 is 1.54 bits per heavy atom. The summed E-state index contributed by atoms with van der Waals surface area (Å²) in [4.78, 5) is 8.90. The highest BCUT2D eigenvalue weighted by atomic mass is 35.5. The summed E-state index contributed by atoms with van der Waals surface area (Å²) in [6.45, 7) is 2.48. The zero-order valence-electron chi connectivity index (χ0n) is 7.33. The van der Waals surface area contributed by atoms with Gasteiger partial charge in [0.1, 0.15) is 6.34 Å². The molecule has 3 nitrogen and oxygen atoms in total. The van der Waals surface area contributed by atoms with E-state index in [0.29, 0.717) is 11.6 Å². The lowest BCUT2D eigenvalue weighted by Gasteiger charge is -1.98. The summed E-state index contributed by atoms with van der Waals surface area (Å²) < 4.78 is 0. The summed E-state index contributed by atoms with van der Waals surface area (Å²) in [6, 6.07) is 7.35. The molecular weight excluding hydrogens is 188 g/mol. The predicted octanol–water partition coefficient (Wildman–Crippen LogP) is 2.54. The number of nitrogens with zero attached hydrogens (tertiary/aromatic N) is 1. The minimum absolute atomic E-state index is 0.592. The molecule has 0 spiro atoms. The smallest absolute Gasteiger partial charge is 0.113 e. The first-order valence-electron chi connectivity index (χ1n) is 3.99. The van der Waals surface area contributed by atoms with Crippen LogP contribution in [0.2, 0.25) is 5.02 Å². The third-order valence-electron chi connectivity index (χ3n) is 1.34. The number of hydroxylamine groups is 1. The first-order chi connectivity index (χ1) is 6.34. The molecular formula is C9H11ClN2O. The summed E-state index contributed by atoms with van der Waals surface area (Å²) in [5, 5.41) is 0.622. The molecule has 0 saturated heterocycles. The van der Waals surface area contributed by atoms with Crippen molar-refractivity contribution in [2.24, 2.45) is 4.99 Å². The van der Waals surface area contributed by atoms with Gasteiger partial charge in [-0.3, -0.25) is 10.3 Å². The van der Waals surface area contributed by atoms with Crippen molar-refractivity contribution in [3.8, 4) is 0 Å². The monoisotopic (exact) mass is 198 g/mol. The highest BCUT2D eigenvalue weighted by Crippen LogP contribution is 2.22. The number of hydrogen-bond donors (Lipinski definition) is 1. The van der Waals surface area contributed by atoms with Gasteiger partial charge in [-0.05, 0) is 19.1 Å². The molecule has 0 aliphatic carbocycles. The SMILES string of the molecule is CCONC=Nc1ccccc1Cl. The lowest BCUT2D eigenvalue weighted by Crippen LogP contribution is -2.10. The van der Waals surface area contributed by atoms with E-state index in [0.717, 1.165) is 5.69 Å². The number of benzene rings is 1. The van der Waals surface area contributed by atoms with Gasteiger partial charge in [0.25, 0.3) is 0 Å². The van der Waals surface area contributed by atoms with Gasteiger partial charge in [-0.1, -0.05) is 23.7 Å². The standard InChI is InChI=1S/C9H11ClN2O/c1-2-13-12-7-11-9-6-4-3-5-8(9)10/h3-7H,2H2,1H3,(H,11,12). The van der Waals surface area contributed by atoms with Crippen LogP contribution in [0.5, 0.6) is 0 Å². The third kappa shape index (κ3) is 3.44. The van der Waals surface area contributed by atoms with Crippen molar-refractivity contribution in [3.63, 3.8) is 0 Å². The van der Waals surface area contributed by atoms with E-state index < -0.39 is 0 Å². The number of halogens is 1. The Hall–Kier alpha value is -1.06. The van der Waals surface area contributed by atoms with Gasteiger partial charge >= 0.3 is 0 Å². The quantitative estimate of drug-likeness (QED) is 0.349. The molecule has 0 unspecified atom stereocenters. The molecule has 0 saturated carbocycles. The van der Waals surface area contributed by atoms with E-state index in [9.17, 15) is 0 Å². The lowest BCUT2D eigenvalue weighted by molar-refractivity contribution is 0.100. The van der Waals surface area contributed by atoms with Crippen molar-refractivity contribution < 1.29 is 4.84 Å². The Kier molecular flexibility index (Phi) is 4.29. The average Bonchev–Trinajstić information content (AvgIpc) is 2.15. The van der Waals surface area contributed by atoms with Crippen LogP contribution in [-0.2, 0) is 4.84 Å². The Bertz CT molecular complexity index is 289. The van der Waals surface area contributed by atoms with E-state index in [-0.39, 0.29) is 0 Å². The van der Waals surface area contributed by atoms with Crippen molar-refractivity contribution in [1.82, 2.24) is 5.48 Å². The summed E-state index contributed by atoms with van der Waals surface area (Å²) in [7, 11) is 0. The maximum Gasteiger partial charge on any atom is 0.113 e. The first-order valence-corrected chi connectivity index (χ1v) is 4.36. The van der Waals surface area contributed by atoms with Gasteiger partial charge in [-0.2, -0.15) is 0 Å². The number of para-hydroxylation sites is 1. The predicted molar refractivity (Wildman–Crippen MR) is 54.4 cm³/mol. The van der Waals surface area contributed by atoms with E-state index in [4.69, 9.17) is 16.4 Å². The van der Waals surface area contributed by atoms with Crippen LogP contribution < -0.4 is 5.48 Å². The molecule has 1 N–H and O–H groups in total. The van der Waals surface area contributed by atoms with Crippen LogP contribution in [0.15, 0.2) is 29.3 Å². The Labute approximate surface area is 82.3 Å². The average molecular weight is 199 g/mol. The summed E-state index contributed by atoms with van der Waals surface area (Å²) in [5.74, 6) is 0. The molecule has 0 amide bonds. The van der Waals surface area contributed by atoms with E-state index in [2.05, 4.69) is 10.5 Å². The lowest BCUT2D eigenvalue weighted by atomic mass is 10.3. The van der Waals surface area contributed by atoms with Crippen LogP contribution in [-0.4, -0.2) is 12.9 Å². The van der Waals surface area contributed by atoms with Crippen molar-refractivity contribution in [1.29, 1.82) is 0 Å². The van der Waals surface area contributed by atoms with Crippen molar-refractivity contribution >= 4 is 23.6 Å². The molecule has 0 aliphatic heterocycles. The molecule has 0 fully saturated rings. The minimum Gasteiger partial charge on any atom is -0.276 e. The number of nitrogens with one attached hydrogen (secondary N) is 1. The van der Waals surface area contributed by atoms with Crippen LogP contribution in [0.4, 0.5) is 5.69 Å². The zero-order chi connectivity index (χ0) is 9.52. The molecule has 0 bridgehead atoms. The second kappa shape index (κ2) is 5.56. The van der Waals surface area contributed by atoms with Gasteiger partial charge in [0.2, 0.25) is 0 Å². The minimum atomic E-state index is 0.592. The van der Waals surface area contributed by atoms with Crippen molar-refractivity contribution in [2.45, 2.75) is 6.92 Å². The van der Waals surface area contributed by atoms with Crippen LogP contribution in [0.1, 0.15) is 6.92 Å². The molecule has 1 aromatic carbocycles. The maximum atomic E-state index is 5.85. The fourth-order valence-corrected chi connectivity index (χ4v) is 0.957. The second-order valence-corrected chi connectivity index (χ2v) is 2.67. The molecule has 0 aliphatic rings. The maximum absolute atomic E-state index is 5.85. The Morgan fingerprint density at radius 2 is 2.31 bits per heavy atom. The van der Waals surface area contributed by atoms with E-state index in [1.807, 2.05) is 25.1 Å². The van der Waals surface area contributed by atoms with Gasteiger partial charge in [0.05, 0.1) is 17.3 Å². The summed E-state index contributed by atoms with van der Waals surface area (Å²) in [5.41, 5.74) is 3.28. The highest BCUT2D eigenvalue weighted by molar-refractivity contribution is 6.33. The number of rotatable bonds is 4. The summed E-state index contributed by atoms with van der Waals surface area (Å²) >= 11 is 5.85. The van der Waals surface area contributed by atoms with Gasteiger partial charge < -0.3 is 0 Å². The van der Waals surface area contributed by atoms with Crippen LogP contribution in [0, 0.1) is 0 Å². The van der Waals surface area contributed by atoms with Gasteiger partial charge in [0.15, 0.2) is 0 Å². The van der Waals surface area contributed by atoms with E-state index >= 15 is 0 Å². The summed E-state index contributed by atoms with van der Waals surface area (Å²) in [6.07, 6.45) is 1.46. The van der Waals surface area contributed by atoms with Gasteiger partial charge in [0, 0.05) is 0 Å². The molecule has 0 atom stereocenters. The molecule has 0 radical (unpaired) electrons. The molecule has 70 valence electrons.